The summed E-state index contributed by atoms with van der Waals surface area (Å²) in [6, 6.07) is 0. The second kappa shape index (κ2) is 4.93. The molecule has 1 amide bonds. The van der Waals surface area contributed by atoms with Gasteiger partial charge in [0.05, 0.1) is 24.7 Å². The van der Waals surface area contributed by atoms with E-state index in [4.69, 9.17) is 9.84 Å². The molecule has 1 saturated heterocycles. The second-order valence-electron chi connectivity index (χ2n) is 4.84. The summed E-state index contributed by atoms with van der Waals surface area (Å²) < 4.78 is 5.58. The summed E-state index contributed by atoms with van der Waals surface area (Å²) in [5.74, 6) is -0.336. The van der Waals surface area contributed by atoms with Crippen molar-refractivity contribution in [1.82, 2.24) is 4.90 Å². The van der Waals surface area contributed by atoms with Gasteiger partial charge < -0.3 is 14.7 Å². The van der Waals surface area contributed by atoms with Crippen LogP contribution in [0.4, 0.5) is 0 Å². The number of carbonyl (C=O) groups is 2. The van der Waals surface area contributed by atoms with Crippen molar-refractivity contribution in [1.29, 1.82) is 0 Å². The highest BCUT2D eigenvalue weighted by molar-refractivity contribution is 5.96. The van der Waals surface area contributed by atoms with Gasteiger partial charge in [-0.25, -0.2) is 0 Å². The Labute approximate surface area is 95.4 Å². The lowest BCUT2D eigenvalue weighted by atomic mass is 10.0. The molecular formula is C11H19NO4. The smallest absolute Gasteiger partial charge is 0.230 e. The molecule has 0 aromatic carbocycles. The quantitative estimate of drug-likeness (QED) is 0.690. The van der Waals surface area contributed by atoms with Crippen molar-refractivity contribution in [2.24, 2.45) is 0 Å². The summed E-state index contributed by atoms with van der Waals surface area (Å²) in [7, 11) is 0. The Kier molecular flexibility index (Phi) is 4.04. The standard InChI is InChI=1S/C11H19NO4/c1-8(14)4-10(15)12-5-9(6-13)16-11(2,3)7-12/h9,13H,4-7H2,1-3H3. The number of aliphatic hydroxyl groups is 1. The van der Waals surface area contributed by atoms with Crippen molar-refractivity contribution in [3.8, 4) is 0 Å². The van der Waals surface area contributed by atoms with Gasteiger partial charge in [0.15, 0.2) is 0 Å². The highest BCUT2D eigenvalue weighted by Gasteiger charge is 2.35. The SMILES string of the molecule is CC(=O)CC(=O)N1CC(CO)OC(C)(C)C1. The van der Waals surface area contributed by atoms with Crippen molar-refractivity contribution in [2.45, 2.75) is 38.9 Å². The van der Waals surface area contributed by atoms with Gasteiger partial charge in [0.25, 0.3) is 0 Å². The summed E-state index contributed by atoms with van der Waals surface area (Å²) >= 11 is 0. The molecule has 0 aromatic rings. The molecule has 0 saturated carbocycles. The normalized spacial score (nSPS) is 24.2. The summed E-state index contributed by atoms with van der Waals surface area (Å²) in [4.78, 5) is 24.2. The minimum absolute atomic E-state index is 0.0752. The second-order valence-corrected chi connectivity index (χ2v) is 4.84. The predicted octanol–water partition coefficient (Wildman–Crippen LogP) is -0.0362. The van der Waals surface area contributed by atoms with E-state index < -0.39 is 5.60 Å². The molecule has 0 spiro atoms. The first-order valence-electron chi connectivity index (χ1n) is 5.40. The van der Waals surface area contributed by atoms with Crippen LogP contribution in [-0.4, -0.2) is 53.1 Å². The molecule has 0 aromatic heterocycles. The van der Waals surface area contributed by atoms with E-state index in [1.807, 2.05) is 13.8 Å². The van der Waals surface area contributed by atoms with Gasteiger partial charge in [0.1, 0.15) is 5.78 Å². The minimum Gasteiger partial charge on any atom is -0.394 e. The summed E-state index contributed by atoms with van der Waals surface area (Å²) in [5.41, 5.74) is -0.474. The van der Waals surface area contributed by atoms with E-state index in [9.17, 15) is 9.59 Å². The molecule has 0 bridgehead atoms. The molecule has 5 heteroatoms. The Hall–Kier alpha value is -0.940. The molecule has 1 aliphatic rings. The molecule has 92 valence electrons. The summed E-state index contributed by atoms with van der Waals surface area (Å²) in [6.07, 6.45) is -0.437. The van der Waals surface area contributed by atoms with Crippen LogP contribution in [0.15, 0.2) is 0 Å². The number of hydrogen-bond acceptors (Lipinski definition) is 4. The number of amides is 1. The number of ether oxygens (including phenoxy) is 1. The molecule has 1 N–H and O–H groups in total. The fourth-order valence-electron chi connectivity index (χ4n) is 1.91. The summed E-state index contributed by atoms with van der Waals surface area (Å²) in [5, 5.41) is 9.07. The van der Waals surface area contributed by atoms with E-state index in [1.165, 1.54) is 6.92 Å². The van der Waals surface area contributed by atoms with Crippen LogP contribution in [0.3, 0.4) is 0 Å². The van der Waals surface area contributed by atoms with Crippen LogP contribution < -0.4 is 0 Å². The van der Waals surface area contributed by atoms with Gasteiger partial charge in [-0.3, -0.25) is 9.59 Å². The average Bonchev–Trinajstić information content (AvgIpc) is 2.14. The first-order chi connectivity index (χ1) is 7.34. The van der Waals surface area contributed by atoms with Crippen molar-refractivity contribution in [3.05, 3.63) is 0 Å². The Morgan fingerprint density at radius 1 is 1.50 bits per heavy atom. The van der Waals surface area contributed by atoms with Gasteiger partial charge in [-0.2, -0.15) is 0 Å². The molecule has 1 fully saturated rings. The number of hydrogen-bond donors (Lipinski definition) is 1. The average molecular weight is 229 g/mol. The molecule has 16 heavy (non-hydrogen) atoms. The predicted molar refractivity (Wildman–Crippen MR) is 57.9 cm³/mol. The minimum atomic E-state index is -0.474. The Bertz CT molecular complexity index is 288. The van der Waals surface area contributed by atoms with E-state index in [0.717, 1.165) is 0 Å². The zero-order valence-electron chi connectivity index (χ0n) is 10.0. The topological polar surface area (TPSA) is 66.8 Å². The number of ketones is 1. The number of Topliss-reactive ketones (excluding diaryl/α,β-unsaturated/α-hetero) is 1. The number of morpholine rings is 1. The maximum Gasteiger partial charge on any atom is 0.230 e. The van der Waals surface area contributed by atoms with Crippen molar-refractivity contribution >= 4 is 11.7 Å². The van der Waals surface area contributed by atoms with Gasteiger partial charge in [0, 0.05) is 13.1 Å². The molecule has 0 radical (unpaired) electrons. The largest absolute Gasteiger partial charge is 0.394 e. The van der Waals surface area contributed by atoms with Gasteiger partial charge in [-0.15, -0.1) is 0 Å². The Morgan fingerprint density at radius 2 is 2.12 bits per heavy atom. The van der Waals surface area contributed by atoms with Crippen LogP contribution in [0.25, 0.3) is 0 Å². The monoisotopic (exact) mass is 229 g/mol. The summed E-state index contributed by atoms with van der Waals surface area (Å²) in [6.45, 7) is 5.81. The van der Waals surface area contributed by atoms with Crippen molar-refractivity contribution in [3.63, 3.8) is 0 Å². The lowest BCUT2D eigenvalue weighted by Crippen LogP contribution is -2.55. The van der Waals surface area contributed by atoms with Crippen molar-refractivity contribution in [2.75, 3.05) is 19.7 Å². The highest BCUT2D eigenvalue weighted by atomic mass is 16.5. The Balaban J connectivity index is 2.66. The van der Waals surface area contributed by atoms with E-state index in [-0.39, 0.29) is 30.8 Å². The molecule has 1 rings (SSSR count). The van der Waals surface area contributed by atoms with Crippen LogP contribution in [0, 0.1) is 0 Å². The maximum atomic E-state index is 11.7. The highest BCUT2D eigenvalue weighted by Crippen LogP contribution is 2.21. The lowest BCUT2D eigenvalue weighted by molar-refractivity contribution is -0.167. The Morgan fingerprint density at radius 3 is 2.62 bits per heavy atom. The van der Waals surface area contributed by atoms with Crippen molar-refractivity contribution < 1.29 is 19.4 Å². The zero-order chi connectivity index (χ0) is 12.3. The molecule has 1 heterocycles. The maximum absolute atomic E-state index is 11.7. The molecule has 1 unspecified atom stereocenters. The molecular weight excluding hydrogens is 210 g/mol. The van der Waals surface area contributed by atoms with E-state index in [1.54, 1.807) is 4.90 Å². The molecule has 1 atom stereocenters. The number of nitrogens with zero attached hydrogens (tertiary/aromatic N) is 1. The molecule has 1 aliphatic heterocycles. The number of carbonyl (C=O) groups excluding carboxylic acids is 2. The first-order valence-corrected chi connectivity index (χ1v) is 5.40. The number of aliphatic hydroxyl groups excluding tert-OH is 1. The fraction of sp³-hybridized carbons (Fsp3) is 0.818. The van der Waals surface area contributed by atoms with E-state index in [2.05, 4.69) is 0 Å². The first kappa shape index (κ1) is 13.1. The van der Waals surface area contributed by atoms with Crippen LogP contribution in [-0.2, 0) is 14.3 Å². The molecule has 5 nitrogen and oxygen atoms in total. The van der Waals surface area contributed by atoms with Gasteiger partial charge in [0.2, 0.25) is 5.91 Å². The third kappa shape index (κ3) is 3.57. The van der Waals surface area contributed by atoms with Crippen LogP contribution >= 0.6 is 0 Å². The van der Waals surface area contributed by atoms with Gasteiger partial charge in [-0.1, -0.05) is 0 Å². The van der Waals surface area contributed by atoms with Crippen LogP contribution in [0.2, 0.25) is 0 Å². The van der Waals surface area contributed by atoms with Gasteiger partial charge in [-0.05, 0) is 20.8 Å². The third-order valence-corrected chi connectivity index (χ3v) is 2.44. The number of rotatable bonds is 3. The van der Waals surface area contributed by atoms with Crippen LogP contribution in [0.1, 0.15) is 27.2 Å². The van der Waals surface area contributed by atoms with Gasteiger partial charge >= 0.3 is 0 Å². The van der Waals surface area contributed by atoms with E-state index >= 15 is 0 Å². The fourth-order valence-corrected chi connectivity index (χ4v) is 1.91. The third-order valence-electron chi connectivity index (χ3n) is 2.44. The molecule has 0 aliphatic carbocycles. The van der Waals surface area contributed by atoms with Crippen LogP contribution in [0.5, 0.6) is 0 Å². The lowest BCUT2D eigenvalue weighted by Gasteiger charge is -2.42. The van der Waals surface area contributed by atoms with E-state index in [0.29, 0.717) is 13.1 Å². The zero-order valence-corrected chi connectivity index (χ0v) is 10.0.